The first-order valence-corrected chi connectivity index (χ1v) is 17.6. The van der Waals surface area contributed by atoms with Gasteiger partial charge in [0.15, 0.2) is 5.82 Å². The number of nitrogens with zero attached hydrogens (tertiary/aromatic N) is 4. The molecule has 51 heavy (non-hydrogen) atoms. The number of carbonyl (C=O) groups excluding carboxylic acids is 3. The summed E-state index contributed by atoms with van der Waals surface area (Å²) in [6.07, 6.45) is 1.71. The first-order valence-electron chi connectivity index (χ1n) is 15.6. The molecule has 4 aliphatic rings. The fourth-order valence-electron chi connectivity index (χ4n) is 6.46. The Morgan fingerprint density at radius 1 is 1.04 bits per heavy atom. The van der Waals surface area contributed by atoms with E-state index in [1.807, 2.05) is 11.4 Å². The number of aromatic carboxylic acids is 1. The van der Waals surface area contributed by atoms with Crippen molar-refractivity contribution in [3.8, 4) is 0 Å². The third-order valence-electron chi connectivity index (χ3n) is 9.06. The van der Waals surface area contributed by atoms with Crippen LogP contribution in [-0.4, -0.2) is 104 Å². The monoisotopic (exact) mass is 752 g/mol. The van der Waals surface area contributed by atoms with Gasteiger partial charge in [0.1, 0.15) is 40.8 Å². The van der Waals surface area contributed by atoms with E-state index in [0.29, 0.717) is 12.8 Å². The SMILES string of the molecule is O=C(Cc1cccs1)N[C@@H]1C(=O)N2C(C(=O)O)=C(COC(=O)N3CCN(c4c(F)cc5c(=O)c(C(=O)O)cn(C6CC6)c5c4F)CC3)CS[C@H]12.[Na+]. The molecular weight excluding hydrogens is 723 g/mol. The summed E-state index contributed by atoms with van der Waals surface area (Å²) >= 11 is 2.65. The third kappa shape index (κ3) is 6.86. The predicted octanol–water partition coefficient (Wildman–Crippen LogP) is -0.382. The summed E-state index contributed by atoms with van der Waals surface area (Å²) in [5, 5.41) is 22.9. The Kier molecular flexibility index (Phi) is 10.5. The molecule has 262 valence electrons. The van der Waals surface area contributed by atoms with Crippen LogP contribution in [0.1, 0.15) is 34.1 Å². The first kappa shape index (κ1) is 36.8. The van der Waals surface area contributed by atoms with Crippen LogP contribution in [0.5, 0.6) is 0 Å². The van der Waals surface area contributed by atoms with Crippen molar-refractivity contribution in [2.24, 2.45) is 0 Å². The van der Waals surface area contributed by atoms with Gasteiger partial charge >= 0.3 is 47.6 Å². The number of amides is 3. The minimum absolute atomic E-state index is 0. The fraction of sp³-hybridized carbons (Fsp3) is 0.375. The van der Waals surface area contributed by atoms with E-state index < -0.39 is 70.3 Å². The van der Waals surface area contributed by atoms with E-state index in [9.17, 15) is 39.0 Å². The predicted molar refractivity (Wildman–Crippen MR) is 176 cm³/mol. The molecule has 0 unspecified atom stereocenters. The van der Waals surface area contributed by atoms with Crippen LogP contribution in [0.15, 0.2) is 45.8 Å². The average molecular weight is 753 g/mol. The van der Waals surface area contributed by atoms with E-state index in [1.165, 1.54) is 37.5 Å². The fourth-order valence-corrected chi connectivity index (χ4v) is 8.49. The summed E-state index contributed by atoms with van der Waals surface area (Å²) in [4.78, 5) is 79.7. The van der Waals surface area contributed by atoms with Crippen LogP contribution < -0.4 is 45.2 Å². The Morgan fingerprint density at radius 2 is 1.76 bits per heavy atom. The maximum atomic E-state index is 16.0. The molecule has 2 saturated heterocycles. The van der Waals surface area contributed by atoms with Crippen molar-refractivity contribution in [3.63, 3.8) is 0 Å². The topological polar surface area (TPSA) is 179 Å². The molecule has 2 atom stereocenters. The summed E-state index contributed by atoms with van der Waals surface area (Å²) < 4.78 is 38.2. The number of nitrogens with one attached hydrogen (secondary N) is 1. The second-order valence-corrected chi connectivity index (χ2v) is 14.4. The summed E-state index contributed by atoms with van der Waals surface area (Å²) in [5.41, 5.74) is -2.23. The molecule has 19 heteroatoms. The number of aliphatic carboxylic acids is 1. The Morgan fingerprint density at radius 3 is 2.39 bits per heavy atom. The molecule has 3 aliphatic heterocycles. The van der Waals surface area contributed by atoms with Gasteiger partial charge in [-0.15, -0.1) is 23.1 Å². The number of thioether (sulfide) groups is 1. The van der Waals surface area contributed by atoms with Crippen molar-refractivity contribution in [3.05, 3.63) is 73.3 Å². The molecule has 14 nitrogen and oxygen atoms in total. The molecule has 3 fully saturated rings. The number of carboxylic acids is 2. The number of piperazine rings is 1. The zero-order valence-corrected chi connectivity index (χ0v) is 30.7. The second kappa shape index (κ2) is 14.6. The Bertz CT molecular complexity index is 2050. The van der Waals surface area contributed by atoms with Gasteiger partial charge in [-0.25, -0.2) is 23.2 Å². The van der Waals surface area contributed by atoms with E-state index >= 15 is 8.78 Å². The van der Waals surface area contributed by atoms with Crippen LogP contribution in [0.3, 0.4) is 0 Å². The summed E-state index contributed by atoms with van der Waals surface area (Å²) in [5.74, 6) is -5.71. The third-order valence-corrected chi connectivity index (χ3v) is 11.3. The maximum absolute atomic E-state index is 16.0. The normalized spacial score (nSPS) is 20.0. The molecule has 1 saturated carbocycles. The molecule has 5 heterocycles. The van der Waals surface area contributed by atoms with E-state index in [0.717, 1.165) is 22.0 Å². The Labute approximate surface area is 318 Å². The molecule has 7 rings (SSSR count). The summed E-state index contributed by atoms with van der Waals surface area (Å²) in [6, 6.07) is 3.36. The quantitative estimate of drug-likeness (QED) is 0.192. The number of benzene rings is 1. The minimum Gasteiger partial charge on any atom is -0.477 e. The van der Waals surface area contributed by atoms with Gasteiger partial charge in [0.05, 0.1) is 17.3 Å². The van der Waals surface area contributed by atoms with Crippen molar-refractivity contribution >= 4 is 69.5 Å². The number of aromatic nitrogens is 1. The van der Waals surface area contributed by atoms with Gasteiger partial charge in [0.25, 0.3) is 5.91 Å². The number of carboxylic acid groups (broad SMARTS) is 2. The first-order chi connectivity index (χ1) is 23.9. The number of halogens is 2. The van der Waals surface area contributed by atoms with E-state index in [2.05, 4.69) is 5.32 Å². The average Bonchev–Trinajstić information content (AvgIpc) is 3.81. The van der Waals surface area contributed by atoms with Crippen molar-refractivity contribution < 1.29 is 77.3 Å². The molecule has 3 aromatic rings. The number of thiophene rings is 1. The van der Waals surface area contributed by atoms with Gasteiger partial charge in [0, 0.05) is 54.6 Å². The second-order valence-electron chi connectivity index (χ2n) is 12.2. The number of fused-ring (bicyclic) bond motifs is 2. The molecule has 1 aliphatic carbocycles. The van der Waals surface area contributed by atoms with E-state index in [1.54, 1.807) is 6.07 Å². The molecule has 0 bridgehead atoms. The summed E-state index contributed by atoms with van der Waals surface area (Å²) in [6.45, 7) is -0.412. The largest absolute Gasteiger partial charge is 1.00 e. The van der Waals surface area contributed by atoms with Crippen molar-refractivity contribution in [2.75, 3.05) is 43.4 Å². The molecule has 0 radical (unpaired) electrons. The van der Waals surface area contributed by atoms with Crippen LogP contribution in [0.2, 0.25) is 0 Å². The van der Waals surface area contributed by atoms with Gasteiger partial charge in [0.2, 0.25) is 11.3 Å². The van der Waals surface area contributed by atoms with Crippen LogP contribution in [-0.2, 0) is 25.5 Å². The van der Waals surface area contributed by atoms with Crippen LogP contribution in [0.25, 0.3) is 10.9 Å². The number of rotatable bonds is 9. The number of pyridine rings is 1. The van der Waals surface area contributed by atoms with Gasteiger partial charge in [-0.3, -0.25) is 19.3 Å². The maximum Gasteiger partial charge on any atom is 1.00 e. The smallest absolute Gasteiger partial charge is 0.477 e. The number of anilines is 1. The number of β-lactam (4-membered cyclic amide) rings is 1. The molecule has 3 N–H and O–H groups in total. The van der Waals surface area contributed by atoms with Crippen molar-refractivity contribution in [2.45, 2.75) is 36.7 Å². The molecular formula is C32H29F2N5NaO9S2+. The standard InChI is InChI=1S/C32H29F2N5O9S2.Na/c33-20-11-18-25(38(16-3-4-16)12-19(27(18)41)30(43)44)22(34)26(20)36-5-7-37(8-6-36)32(47)48-13-15-14-50-29-23(28(42)39(29)24(15)31(45)46)35-21(40)10-17-2-1-9-49-17;/h1-2,9,11-12,16,23,29H,3-8,10,13-14H2,(H,35,40)(H,43,44)(H,45,46);/q;+1/t23-,29-;/m1./s1. The minimum atomic E-state index is -1.49. The molecule has 2 aromatic heterocycles. The summed E-state index contributed by atoms with van der Waals surface area (Å²) in [7, 11) is 0. The van der Waals surface area contributed by atoms with Gasteiger partial charge < -0.3 is 34.6 Å². The number of hydrogen-bond donors (Lipinski definition) is 3. The van der Waals surface area contributed by atoms with E-state index in [4.69, 9.17) is 4.74 Å². The number of ether oxygens (including phenoxy) is 1. The molecule has 1 aromatic carbocycles. The van der Waals surface area contributed by atoms with Gasteiger partial charge in [-0.2, -0.15) is 0 Å². The van der Waals surface area contributed by atoms with Gasteiger partial charge in [-0.05, 0) is 30.4 Å². The number of carbonyl (C=O) groups is 5. The van der Waals surface area contributed by atoms with Crippen molar-refractivity contribution in [1.29, 1.82) is 0 Å². The zero-order chi connectivity index (χ0) is 35.4. The van der Waals surface area contributed by atoms with Crippen molar-refractivity contribution in [1.82, 2.24) is 19.7 Å². The van der Waals surface area contributed by atoms with E-state index in [-0.39, 0.29) is 102 Å². The number of hydrogen-bond acceptors (Lipinski definition) is 10. The molecule has 0 spiro atoms. The van der Waals surface area contributed by atoms with Gasteiger partial charge in [-0.1, -0.05) is 6.07 Å². The van der Waals surface area contributed by atoms with Crippen LogP contribution >= 0.6 is 23.1 Å². The van der Waals surface area contributed by atoms with Crippen LogP contribution in [0, 0.1) is 11.6 Å². The Hall–Kier alpha value is -3.97. The molecule has 3 amide bonds. The Balaban J connectivity index is 0.00000448. The zero-order valence-electron chi connectivity index (χ0n) is 27.1. The van der Waals surface area contributed by atoms with Crippen LogP contribution in [0.4, 0.5) is 19.3 Å².